The molecule has 4 nitrogen and oxygen atoms in total. The topological polar surface area (TPSA) is 42.7 Å². The van der Waals surface area contributed by atoms with Gasteiger partial charge in [0.25, 0.3) is 0 Å². The summed E-state index contributed by atoms with van der Waals surface area (Å²) in [6.45, 7) is 2.94. The molecule has 3 rings (SSSR count). The highest BCUT2D eigenvalue weighted by Gasteiger charge is 2.07. The molecule has 3 aromatic rings. The number of hydrogen-bond donors (Lipinski definition) is 1. The van der Waals surface area contributed by atoms with E-state index < -0.39 is 0 Å². The minimum Gasteiger partial charge on any atom is -0.378 e. The Morgan fingerprint density at radius 1 is 1.24 bits per heavy atom. The van der Waals surface area contributed by atoms with Gasteiger partial charge in [0.15, 0.2) is 0 Å². The van der Waals surface area contributed by atoms with Gasteiger partial charge < -0.3 is 5.32 Å². The van der Waals surface area contributed by atoms with Crippen LogP contribution in [0.4, 0.5) is 5.69 Å². The smallest absolute Gasteiger partial charge is 0.138 e. The summed E-state index contributed by atoms with van der Waals surface area (Å²) < 4.78 is 1.73. The third-order valence-corrected chi connectivity index (χ3v) is 4.61. The van der Waals surface area contributed by atoms with Crippen LogP contribution in [0.5, 0.6) is 0 Å². The summed E-state index contributed by atoms with van der Waals surface area (Å²) in [5.41, 5.74) is 1.88. The van der Waals surface area contributed by atoms with Crippen LogP contribution in [-0.2, 0) is 13.0 Å². The van der Waals surface area contributed by atoms with Crippen molar-refractivity contribution in [2.45, 2.75) is 19.9 Å². The van der Waals surface area contributed by atoms with Crippen LogP contribution in [0, 0.1) is 0 Å². The quantitative estimate of drug-likeness (QED) is 0.768. The largest absolute Gasteiger partial charge is 0.378 e. The lowest BCUT2D eigenvalue weighted by Crippen LogP contribution is -2.04. The number of anilines is 1. The minimum atomic E-state index is 0.696. The van der Waals surface area contributed by atoms with Crippen LogP contribution >= 0.6 is 22.9 Å². The zero-order valence-electron chi connectivity index (χ0n) is 11.6. The van der Waals surface area contributed by atoms with E-state index in [1.165, 1.54) is 16.1 Å². The van der Waals surface area contributed by atoms with Gasteiger partial charge in [-0.25, -0.2) is 9.67 Å². The maximum Gasteiger partial charge on any atom is 0.138 e. The number of nitrogens with zero attached hydrogens (tertiary/aromatic N) is 3. The van der Waals surface area contributed by atoms with Gasteiger partial charge in [0.2, 0.25) is 0 Å². The van der Waals surface area contributed by atoms with E-state index in [0.717, 1.165) is 24.3 Å². The first-order chi connectivity index (χ1) is 10.3. The molecular formula is C15H15ClN4S. The number of hydrogen-bond acceptors (Lipinski definition) is 4. The maximum atomic E-state index is 6.10. The van der Waals surface area contributed by atoms with Crippen LogP contribution in [0.15, 0.2) is 43.0 Å². The number of thiophene rings is 1. The first-order valence-electron chi connectivity index (χ1n) is 6.72. The number of aromatic nitrogens is 3. The first kappa shape index (κ1) is 14.1. The molecule has 108 valence electrons. The molecule has 1 N–H and O–H groups in total. The van der Waals surface area contributed by atoms with Gasteiger partial charge in [-0.15, -0.1) is 11.3 Å². The standard InChI is InChI=1S/C15H15ClN4S/c1-2-12-4-5-13(21-12)8-18-14-7-11(16)3-6-15(14)20-10-17-9-19-20/h3-7,9-10,18H,2,8H2,1H3. The molecule has 21 heavy (non-hydrogen) atoms. The van der Waals surface area contributed by atoms with Crippen molar-refractivity contribution in [3.8, 4) is 5.69 Å². The van der Waals surface area contributed by atoms with Crippen molar-refractivity contribution in [2.24, 2.45) is 0 Å². The van der Waals surface area contributed by atoms with Crippen molar-refractivity contribution in [2.75, 3.05) is 5.32 Å². The van der Waals surface area contributed by atoms with E-state index >= 15 is 0 Å². The third kappa shape index (κ3) is 3.25. The first-order valence-corrected chi connectivity index (χ1v) is 7.91. The number of benzene rings is 1. The second kappa shape index (κ2) is 6.28. The molecule has 0 aliphatic heterocycles. The highest BCUT2D eigenvalue weighted by Crippen LogP contribution is 2.25. The van der Waals surface area contributed by atoms with Gasteiger partial charge >= 0.3 is 0 Å². The van der Waals surface area contributed by atoms with Gasteiger partial charge in [-0.1, -0.05) is 18.5 Å². The van der Waals surface area contributed by atoms with Crippen LogP contribution in [0.25, 0.3) is 5.69 Å². The lowest BCUT2D eigenvalue weighted by atomic mass is 10.2. The number of halogens is 1. The average Bonchev–Trinajstić information content (AvgIpc) is 3.16. The Labute approximate surface area is 132 Å². The van der Waals surface area contributed by atoms with Gasteiger partial charge in [-0.2, -0.15) is 5.10 Å². The second-order valence-corrected chi connectivity index (χ2v) is 6.27. The van der Waals surface area contributed by atoms with Crippen molar-refractivity contribution in [1.29, 1.82) is 0 Å². The molecule has 0 saturated heterocycles. The summed E-state index contributed by atoms with van der Waals surface area (Å²) in [5, 5.41) is 8.30. The molecule has 0 bridgehead atoms. The minimum absolute atomic E-state index is 0.696. The highest BCUT2D eigenvalue weighted by molar-refractivity contribution is 7.12. The van der Waals surface area contributed by atoms with Crippen molar-refractivity contribution in [3.63, 3.8) is 0 Å². The zero-order valence-corrected chi connectivity index (χ0v) is 13.2. The average molecular weight is 319 g/mol. The molecule has 0 aliphatic rings. The Balaban J connectivity index is 1.82. The maximum absolute atomic E-state index is 6.10. The molecule has 0 radical (unpaired) electrons. The van der Waals surface area contributed by atoms with Crippen molar-refractivity contribution in [3.05, 3.63) is 57.8 Å². The van der Waals surface area contributed by atoms with Gasteiger partial charge in [0, 0.05) is 21.3 Å². The number of nitrogens with one attached hydrogen (secondary N) is 1. The lowest BCUT2D eigenvalue weighted by molar-refractivity contribution is 0.878. The van der Waals surface area contributed by atoms with Crippen LogP contribution < -0.4 is 5.32 Å². The van der Waals surface area contributed by atoms with E-state index in [0.29, 0.717) is 5.02 Å². The molecule has 0 spiro atoms. The molecule has 0 unspecified atom stereocenters. The van der Waals surface area contributed by atoms with Crippen molar-refractivity contribution < 1.29 is 0 Å². The molecular weight excluding hydrogens is 304 g/mol. The van der Waals surface area contributed by atoms with Crippen molar-refractivity contribution in [1.82, 2.24) is 14.8 Å². The molecule has 1 aromatic carbocycles. The van der Waals surface area contributed by atoms with Crippen LogP contribution in [-0.4, -0.2) is 14.8 Å². The van der Waals surface area contributed by atoms with Crippen LogP contribution in [0.2, 0.25) is 5.02 Å². The normalized spacial score (nSPS) is 10.8. The molecule has 0 saturated carbocycles. The molecule has 2 aromatic heterocycles. The predicted molar refractivity (Wildman–Crippen MR) is 87.4 cm³/mol. The Hall–Kier alpha value is -1.85. The van der Waals surface area contributed by atoms with E-state index in [2.05, 4.69) is 34.5 Å². The second-order valence-electron chi connectivity index (χ2n) is 4.58. The zero-order chi connectivity index (χ0) is 14.7. The van der Waals surface area contributed by atoms with E-state index in [4.69, 9.17) is 11.6 Å². The van der Waals surface area contributed by atoms with Gasteiger partial charge in [0.05, 0.1) is 11.4 Å². The Morgan fingerprint density at radius 2 is 2.10 bits per heavy atom. The Morgan fingerprint density at radius 3 is 2.81 bits per heavy atom. The SMILES string of the molecule is CCc1ccc(CNc2cc(Cl)ccc2-n2cncn2)s1. The number of rotatable bonds is 5. The van der Waals surface area contributed by atoms with Crippen LogP contribution in [0.3, 0.4) is 0 Å². The number of aryl methyl sites for hydroxylation is 1. The van der Waals surface area contributed by atoms with Gasteiger partial charge in [-0.3, -0.25) is 0 Å². The van der Waals surface area contributed by atoms with Gasteiger partial charge in [0.1, 0.15) is 12.7 Å². The van der Waals surface area contributed by atoms with Crippen molar-refractivity contribution >= 4 is 28.6 Å². The summed E-state index contributed by atoms with van der Waals surface area (Å²) in [5.74, 6) is 0. The molecule has 2 heterocycles. The molecule has 0 aliphatic carbocycles. The lowest BCUT2D eigenvalue weighted by Gasteiger charge is -2.11. The molecule has 0 atom stereocenters. The third-order valence-electron chi connectivity index (χ3n) is 3.14. The van der Waals surface area contributed by atoms with Crippen LogP contribution in [0.1, 0.15) is 16.7 Å². The van der Waals surface area contributed by atoms with E-state index in [-0.39, 0.29) is 0 Å². The summed E-state index contributed by atoms with van der Waals surface area (Å²) in [6.07, 6.45) is 4.27. The fourth-order valence-electron chi connectivity index (χ4n) is 2.07. The van der Waals surface area contributed by atoms with E-state index in [1.807, 2.05) is 29.5 Å². The monoisotopic (exact) mass is 318 g/mol. The summed E-state index contributed by atoms with van der Waals surface area (Å²) in [6, 6.07) is 10.0. The summed E-state index contributed by atoms with van der Waals surface area (Å²) in [7, 11) is 0. The fourth-order valence-corrected chi connectivity index (χ4v) is 3.14. The van der Waals surface area contributed by atoms with E-state index in [9.17, 15) is 0 Å². The van der Waals surface area contributed by atoms with E-state index in [1.54, 1.807) is 11.0 Å². The highest BCUT2D eigenvalue weighted by atomic mass is 35.5. The molecule has 0 amide bonds. The summed E-state index contributed by atoms with van der Waals surface area (Å²) in [4.78, 5) is 6.69. The fraction of sp³-hybridized carbons (Fsp3) is 0.200. The molecule has 6 heteroatoms. The summed E-state index contributed by atoms with van der Waals surface area (Å²) >= 11 is 7.93. The van der Waals surface area contributed by atoms with Gasteiger partial charge in [-0.05, 0) is 36.8 Å². The Kier molecular flexibility index (Phi) is 4.22. The Bertz CT molecular complexity index is 721. The molecule has 0 fully saturated rings. The predicted octanol–water partition coefficient (Wildman–Crippen LogP) is 4.16.